The van der Waals surface area contributed by atoms with Crippen LogP contribution in [0.3, 0.4) is 0 Å². The number of anilines is 1. The van der Waals surface area contributed by atoms with Crippen molar-refractivity contribution in [3.63, 3.8) is 0 Å². The normalized spacial score (nSPS) is 21.6. The summed E-state index contributed by atoms with van der Waals surface area (Å²) in [5.74, 6) is -2.05. The summed E-state index contributed by atoms with van der Waals surface area (Å²) in [4.78, 5) is 4.07. The van der Waals surface area contributed by atoms with Crippen LogP contribution in [0, 0.1) is 0 Å². The first-order valence-electron chi connectivity index (χ1n) is 5.58. The van der Waals surface area contributed by atoms with Crippen molar-refractivity contribution in [3.05, 3.63) is 24.5 Å². The third-order valence-electron chi connectivity index (χ3n) is 3.15. The molecule has 1 aliphatic rings. The molecule has 5 nitrogen and oxygen atoms in total. The Morgan fingerprint density at radius 3 is 2.83 bits per heavy atom. The number of hydrogen-bond donors (Lipinski definition) is 1. The molecule has 0 radical (unpaired) electrons. The van der Waals surface area contributed by atoms with Crippen molar-refractivity contribution in [3.8, 4) is 11.5 Å². The van der Waals surface area contributed by atoms with E-state index in [0.29, 0.717) is 23.8 Å². The molecule has 0 spiro atoms. The van der Waals surface area contributed by atoms with Crippen LogP contribution >= 0.6 is 0 Å². The molecule has 0 saturated heterocycles. The predicted octanol–water partition coefficient (Wildman–Crippen LogP) is 1.89. The van der Waals surface area contributed by atoms with Crippen molar-refractivity contribution in [2.75, 3.05) is 5.73 Å². The first kappa shape index (κ1) is 11.1. The van der Waals surface area contributed by atoms with Gasteiger partial charge in [0, 0.05) is 6.42 Å². The molecule has 1 unspecified atom stereocenters. The van der Waals surface area contributed by atoms with Gasteiger partial charge in [0.25, 0.3) is 5.92 Å². The number of rotatable bonds is 2. The molecular formula is C11H11F2N5. The van der Waals surface area contributed by atoms with E-state index >= 15 is 0 Å². The number of nitrogens with zero attached hydrogens (tertiary/aromatic N) is 4. The Kier molecular flexibility index (Phi) is 2.29. The Labute approximate surface area is 102 Å². The first-order chi connectivity index (χ1) is 8.58. The van der Waals surface area contributed by atoms with Crippen molar-refractivity contribution >= 4 is 5.82 Å². The SMILES string of the molecule is Nc1cccc(-c2nncn2C2CCC2(F)F)n1. The van der Waals surface area contributed by atoms with Crippen molar-refractivity contribution in [1.29, 1.82) is 0 Å². The predicted molar refractivity (Wildman–Crippen MR) is 60.9 cm³/mol. The van der Waals surface area contributed by atoms with Gasteiger partial charge in [0.2, 0.25) is 0 Å². The molecule has 94 valence electrons. The molecule has 1 fully saturated rings. The minimum Gasteiger partial charge on any atom is -0.384 e. The number of nitrogens with two attached hydrogens (primary N) is 1. The summed E-state index contributed by atoms with van der Waals surface area (Å²) in [7, 11) is 0. The minimum absolute atomic E-state index is 0.0976. The van der Waals surface area contributed by atoms with Crippen molar-refractivity contribution in [1.82, 2.24) is 19.7 Å². The third-order valence-corrected chi connectivity index (χ3v) is 3.15. The van der Waals surface area contributed by atoms with Gasteiger partial charge >= 0.3 is 0 Å². The molecule has 0 aromatic carbocycles. The van der Waals surface area contributed by atoms with Gasteiger partial charge in [-0.1, -0.05) is 6.07 Å². The largest absolute Gasteiger partial charge is 0.384 e. The molecule has 2 N–H and O–H groups in total. The molecule has 1 aliphatic carbocycles. The van der Waals surface area contributed by atoms with Crippen LogP contribution in [-0.2, 0) is 0 Å². The summed E-state index contributed by atoms with van der Waals surface area (Å²) in [6.45, 7) is 0. The van der Waals surface area contributed by atoms with Crippen molar-refractivity contribution in [2.24, 2.45) is 0 Å². The average Bonchev–Trinajstić information content (AvgIpc) is 2.76. The van der Waals surface area contributed by atoms with Crippen LogP contribution in [0.15, 0.2) is 24.5 Å². The highest BCUT2D eigenvalue weighted by atomic mass is 19.3. The monoisotopic (exact) mass is 251 g/mol. The zero-order chi connectivity index (χ0) is 12.8. The maximum Gasteiger partial charge on any atom is 0.268 e. The summed E-state index contributed by atoms with van der Waals surface area (Å²) < 4.78 is 28.2. The number of nitrogen functional groups attached to an aromatic ring is 1. The minimum atomic E-state index is -2.70. The lowest BCUT2D eigenvalue weighted by atomic mass is 9.87. The van der Waals surface area contributed by atoms with Gasteiger partial charge in [-0.2, -0.15) is 0 Å². The van der Waals surface area contributed by atoms with Crippen LogP contribution in [-0.4, -0.2) is 25.7 Å². The highest BCUT2D eigenvalue weighted by molar-refractivity contribution is 5.52. The molecule has 0 amide bonds. The number of halogens is 2. The third kappa shape index (κ3) is 1.62. The lowest BCUT2D eigenvalue weighted by Crippen LogP contribution is -2.40. The zero-order valence-electron chi connectivity index (χ0n) is 9.42. The van der Waals surface area contributed by atoms with Gasteiger partial charge in [-0.05, 0) is 18.6 Å². The van der Waals surface area contributed by atoms with Gasteiger partial charge < -0.3 is 10.3 Å². The molecule has 7 heteroatoms. The summed E-state index contributed by atoms with van der Waals surface area (Å²) >= 11 is 0. The summed E-state index contributed by atoms with van der Waals surface area (Å²) in [6.07, 6.45) is 1.64. The van der Waals surface area contributed by atoms with E-state index in [4.69, 9.17) is 5.73 Å². The van der Waals surface area contributed by atoms with Gasteiger partial charge in [-0.15, -0.1) is 10.2 Å². The number of pyridine rings is 1. The molecule has 2 aromatic rings. The van der Waals surface area contributed by atoms with E-state index in [1.807, 2.05) is 0 Å². The highest BCUT2D eigenvalue weighted by Crippen LogP contribution is 2.47. The Balaban J connectivity index is 2.02. The summed E-state index contributed by atoms with van der Waals surface area (Å²) in [5.41, 5.74) is 6.03. The smallest absolute Gasteiger partial charge is 0.268 e. The highest BCUT2D eigenvalue weighted by Gasteiger charge is 2.50. The van der Waals surface area contributed by atoms with E-state index in [2.05, 4.69) is 15.2 Å². The van der Waals surface area contributed by atoms with Crippen LogP contribution in [0.4, 0.5) is 14.6 Å². The van der Waals surface area contributed by atoms with Crippen LogP contribution < -0.4 is 5.73 Å². The van der Waals surface area contributed by atoms with E-state index < -0.39 is 12.0 Å². The fourth-order valence-corrected chi connectivity index (χ4v) is 2.06. The molecule has 3 rings (SSSR count). The van der Waals surface area contributed by atoms with E-state index in [1.165, 1.54) is 10.9 Å². The van der Waals surface area contributed by atoms with Gasteiger partial charge in [0.05, 0.1) is 0 Å². The van der Waals surface area contributed by atoms with Crippen LogP contribution in [0.5, 0.6) is 0 Å². The Morgan fingerprint density at radius 1 is 1.39 bits per heavy atom. The fraction of sp³-hybridized carbons (Fsp3) is 0.364. The molecule has 18 heavy (non-hydrogen) atoms. The van der Waals surface area contributed by atoms with Gasteiger partial charge in [-0.25, -0.2) is 13.8 Å². The fourth-order valence-electron chi connectivity index (χ4n) is 2.06. The zero-order valence-corrected chi connectivity index (χ0v) is 9.42. The quantitative estimate of drug-likeness (QED) is 0.884. The van der Waals surface area contributed by atoms with Crippen LogP contribution in [0.1, 0.15) is 18.9 Å². The first-order valence-corrected chi connectivity index (χ1v) is 5.58. The van der Waals surface area contributed by atoms with E-state index in [9.17, 15) is 8.78 Å². The Hall–Kier alpha value is -2.05. The molecular weight excluding hydrogens is 240 g/mol. The summed E-state index contributed by atoms with van der Waals surface area (Å²) in [6, 6.07) is 4.12. The maximum atomic E-state index is 13.4. The Bertz CT molecular complexity index is 580. The Morgan fingerprint density at radius 2 is 2.22 bits per heavy atom. The topological polar surface area (TPSA) is 69.6 Å². The van der Waals surface area contributed by atoms with Gasteiger partial charge in [0.1, 0.15) is 23.9 Å². The molecule has 1 atom stereocenters. The van der Waals surface area contributed by atoms with Crippen molar-refractivity contribution < 1.29 is 8.78 Å². The molecule has 2 aromatic heterocycles. The van der Waals surface area contributed by atoms with Crippen LogP contribution in [0.2, 0.25) is 0 Å². The molecule has 2 heterocycles. The van der Waals surface area contributed by atoms with Gasteiger partial charge in [0.15, 0.2) is 5.82 Å². The lowest BCUT2D eigenvalue weighted by molar-refractivity contribution is -0.122. The average molecular weight is 251 g/mol. The summed E-state index contributed by atoms with van der Waals surface area (Å²) in [5, 5.41) is 7.55. The second-order valence-electron chi connectivity index (χ2n) is 4.33. The van der Waals surface area contributed by atoms with E-state index in [-0.39, 0.29) is 6.42 Å². The number of alkyl halides is 2. The molecule has 0 aliphatic heterocycles. The maximum absolute atomic E-state index is 13.4. The van der Waals surface area contributed by atoms with Gasteiger partial charge in [-0.3, -0.25) is 0 Å². The molecule has 0 bridgehead atoms. The number of aromatic nitrogens is 4. The standard InChI is InChI=1S/C11H11F2N5/c12-11(13)5-4-8(11)18-6-15-17-10(18)7-2-1-3-9(14)16-7/h1-3,6,8H,4-5H2,(H2,14,16). The van der Waals surface area contributed by atoms with Crippen LogP contribution in [0.25, 0.3) is 11.5 Å². The number of hydrogen-bond acceptors (Lipinski definition) is 4. The lowest BCUT2D eigenvalue weighted by Gasteiger charge is -2.37. The second-order valence-corrected chi connectivity index (χ2v) is 4.33. The van der Waals surface area contributed by atoms with E-state index in [0.717, 1.165) is 0 Å². The second kappa shape index (κ2) is 3.72. The van der Waals surface area contributed by atoms with E-state index in [1.54, 1.807) is 18.2 Å². The molecule has 1 saturated carbocycles. The van der Waals surface area contributed by atoms with Crippen molar-refractivity contribution in [2.45, 2.75) is 24.8 Å².